The summed E-state index contributed by atoms with van der Waals surface area (Å²) in [7, 11) is 1.29. The second kappa shape index (κ2) is 4.15. The minimum atomic E-state index is -1.20. The number of carbonyl (C=O) groups excluding carboxylic acids is 2. The number of ketones is 1. The van der Waals surface area contributed by atoms with E-state index >= 15 is 0 Å². The third-order valence-electron chi connectivity index (χ3n) is 2.45. The Morgan fingerprint density at radius 2 is 2.24 bits per heavy atom. The summed E-state index contributed by atoms with van der Waals surface area (Å²) < 4.78 is 10.0. The molecule has 90 valence electrons. The molecule has 0 bridgehead atoms. The number of benzene rings is 1. The number of fused-ring (bicyclic) bond motifs is 1. The summed E-state index contributed by atoms with van der Waals surface area (Å²) in [5.74, 6) is -0.812. The summed E-state index contributed by atoms with van der Waals surface area (Å²) in [5.41, 5.74) is 0.270. The third kappa shape index (κ3) is 1.77. The van der Waals surface area contributed by atoms with Crippen LogP contribution in [0, 0.1) is 0 Å². The number of rotatable bonds is 2. The van der Waals surface area contributed by atoms with Crippen LogP contribution in [-0.4, -0.2) is 30.3 Å². The lowest BCUT2D eigenvalue weighted by atomic mass is 10.1. The minimum absolute atomic E-state index is 0.0540. The average molecular weight is 237 g/mol. The van der Waals surface area contributed by atoms with E-state index in [2.05, 4.69) is 0 Å². The number of carbonyl (C=O) groups is 2. The molecule has 2 rings (SSSR count). The van der Waals surface area contributed by atoms with Gasteiger partial charge in [0.2, 0.25) is 0 Å². The zero-order valence-corrected chi connectivity index (χ0v) is 9.34. The van der Waals surface area contributed by atoms with Gasteiger partial charge in [-0.15, -0.1) is 0 Å². The topological polar surface area (TPSA) is 76.1 Å². The maximum Gasteiger partial charge on any atom is 0.320 e. The van der Waals surface area contributed by atoms with Gasteiger partial charge in [0.05, 0.1) is 0 Å². The van der Waals surface area contributed by atoms with Crippen molar-refractivity contribution in [2.24, 2.45) is 0 Å². The van der Waals surface area contributed by atoms with E-state index in [1.165, 1.54) is 20.1 Å². The van der Waals surface area contributed by atoms with Crippen LogP contribution in [0.5, 0.6) is 5.75 Å². The van der Waals surface area contributed by atoms with Gasteiger partial charge in [-0.25, -0.2) is 0 Å². The predicted molar refractivity (Wildman–Crippen MR) is 57.1 cm³/mol. The Hall–Kier alpha value is -1.92. The van der Waals surface area contributed by atoms with E-state index in [9.17, 15) is 14.8 Å². The number of Topliss-reactive ketones (excluding diaryl/α,β-unsaturated/α-hetero) is 1. The quantitative estimate of drug-likeness (QED) is 0.612. The number of ether oxygens (including phenoxy) is 2. The summed E-state index contributed by atoms with van der Waals surface area (Å²) in [5, 5.41) is 10.1. The lowest BCUT2D eigenvalue weighted by molar-refractivity contribution is -0.153. The number of amides is 1. The molecule has 1 atom stereocenters. The molecule has 17 heavy (non-hydrogen) atoms. The first-order valence-electron chi connectivity index (χ1n) is 4.92. The van der Waals surface area contributed by atoms with Crippen molar-refractivity contribution in [2.75, 3.05) is 12.2 Å². The molecule has 0 spiro atoms. The Labute approximate surface area is 97.3 Å². The summed E-state index contributed by atoms with van der Waals surface area (Å²) in [4.78, 5) is 23.0. The molecule has 6 heteroatoms. The van der Waals surface area contributed by atoms with Gasteiger partial charge in [0.15, 0.2) is 11.5 Å². The number of nitrogens with zero attached hydrogens (tertiary/aromatic N) is 1. The highest BCUT2D eigenvalue weighted by molar-refractivity contribution is 6.07. The molecule has 0 radical (unpaired) electrons. The highest BCUT2D eigenvalue weighted by atomic mass is 16.7. The fourth-order valence-electron chi connectivity index (χ4n) is 1.64. The summed E-state index contributed by atoms with van der Waals surface area (Å²) >= 11 is 0. The molecule has 0 saturated heterocycles. The highest BCUT2D eigenvalue weighted by Gasteiger charge is 2.36. The van der Waals surface area contributed by atoms with Crippen LogP contribution in [0.15, 0.2) is 18.2 Å². The highest BCUT2D eigenvalue weighted by Crippen LogP contribution is 2.36. The lowest BCUT2D eigenvalue weighted by Crippen LogP contribution is -2.45. The molecule has 6 nitrogen and oxygen atoms in total. The van der Waals surface area contributed by atoms with Gasteiger partial charge in [0.1, 0.15) is 5.69 Å². The van der Waals surface area contributed by atoms with Gasteiger partial charge in [-0.3, -0.25) is 14.8 Å². The number of hydrogen-bond donors (Lipinski definition) is 1. The van der Waals surface area contributed by atoms with Crippen molar-refractivity contribution in [3.05, 3.63) is 23.8 Å². The fourth-order valence-corrected chi connectivity index (χ4v) is 1.64. The molecule has 1 aliphatic heterocycles. The van der Waals surface area contributed by atoms with Crippen LogP contribution in [0.1, 0.15) is 17.3 Å². The van der Waals surface area contributed by atoms with Crippen LogP contribution >= 0.6 is 0 Å². The molecule has 0 saturated carbocycles. The van der Waals surface area contributed by atoms with Crippen molar-refractivity contribution in [3.63, 3.8) is 0 Å². The maximum absolute atomic E-state index is 11.6. The van der Waals surface area contributed by atoms with Gasteiger partial charge in [0.25, 0.3) is 6.29 Å². The minimum Gasteiger partial charge on any atom is -0.453 e. The van der Waals surface area contributed by atoms with Gasteiger partial charge < -0.3 is 9.47 Å². The SMILES string of the molecule is COC1Oc2cccc(C(C)=O)c2N(O)C1=O. The van der Waals surface area contributed by atoms with Gasteiger partial charge >= 0.3 is 5.91 Å². The number of anilines is 1. The average Bonchev–Trinajstić information content (AvgIpc) is 2.32. The molecule has 0 fully saturated rings. The Morgan fingerprint density at radius 3 is 2.82 bits per heavy atom. The molecule has 1 aromatic rings. The number of hydroxylamine groups is 1. The molecular formula is C11H11NO5. The second-order valence-electron chi connectivity index (χ2n) is 3.54. The van der Waals surface area contributed by atoms with Crippen molar-refractivity contribution in [1.29, 1.82) is 0 Å². The van der Waals surface area contributed by atoms with E-state index in [4.69, 9.17) is 9.47 Å². The smallest absolute Gasteiger partial charge is 0.320 e. The summed E-state index contributed by atoms with van der Waals surface area (Å²) in [6, 6.07) is 4.66. The number of para-hydroxylation sites is 1. The van der Waals surface area contributed by atoms with Crippen molar-refractivity contribution in [2.45, 2.75) is 13.2 Å². The molecule has 1 heterocycles. The van der Waals surface area contributed by atoms with E-state index in [1.807, 2.05) is 0 Å². The van der Waals surface area contributed by atoms with E-state index in [1.54, 1.807) is 12.1 Å². The molecule has 1 aromatic carbocycles. The normalized spacial score (nSPS) is 18.6. The van der Waals surface area contributed by atoms with Crippen LogP contribution in [0.2, 0.25) is 0 Å². The standard InChI is InChI=1S/C11H11NO5/c1-6(13)7-4-3-5-8-9(7)12(15)10(14)11(16-2)17-8/h3-5,11,15H,1-2H3. The van der Waals surface area contributed by atoms with Gasteiger partial charge in [-0.2, -0.15) is 5.06 Å². The molecule has 1 aliphatic rings. The molecule has 1 amide bonds. The van der Waals surface area contributed by atoms with Crippen LogP contribution in [0.4, 0.5) is 5.69 Å². The first kappa shape index (κ1) is 11.6. The van der Waals surface area contributed by atoms with Crippen molar-refractivity contribution >= 4 is 17.4 Å². The van der Waals surface area contributed by atoms with E-state index in [0.29, 0.717) is 5.06 Å². The number of hydrogen-bond acceptors (Lipinski definition) is 5. The molecule has 0 aromatic heterocycles. The third-order valence-corrected chi connectivity index (χ3v) is 2.45. The maximum atomic E-state index is 11.6. The number of methoxy groups -OCH3 is 1. The van der Waals surface area contributed by atoms with Crippen LogP contribution < -0.4 is 9.80 Å². The first-order valence-corrected chi connectivity index (χ1v) is 4.92. The van der Waals surface area contributed by atoms with Gasteiger partial charge in [0, 0.05) is 12.7 Å². The molecular weight excluding hydrogens is 226 g/mol. The van der Waals surface area contributed by atoms with E-state index in [-0.39, 0.29) is 22.8 Å². The molecule has 1 N–H and O–H groups in total. The van der Waals surface area contributed by atoms with Crippen molar-refractivity contribution in [3.8, 4) is 5.75 Å². The summed E-state index contributed by atoms with van der Waals surface area (Å²) in [6.07, 6.45) is -1.20. The largest absolute Gasteiger partial charge is 0.453 e. The van der Waals surface area contributed by atoms with Crippen molar-refractivity contribution in [1.82, 2.24) is 0 Å². The molecule has 0 aliphatic carbocycles. The lowest BCUT2D eigenvalue weighted by Gasteiger charge is -2.30. The van der Waals surface area contributed by atoms with Gasteiger partial charge in [-0.1, -0.05) is 6.07 Å². The molecule has 1 unspecified atom stereocenters. The Kier molecular flexibility index (Phi) is 2.83. The van der Waals surface area contributed by atoms with E-state index in [0.717, 1.165) is 0 Å². The Bertz CT molecular complexity index is 485. The van der Waals surface area contributed by atoms with Crippen molar-refractivity contribution < 1.29 is 24.3 Å². The Balaban J connectivity index is 2.56. The van der Waals surface area contributed by atoms with Crippen LogP contribution in [0.3, 0.4) is 0 Å². The monoisotopic (exact) mass is 237 g/mol. The fraction of sp³-hybridized carbons (Fsp3) is 0.273. The zero-order valence-electron chi connectivity index (χ0n) is 9.34. The second-order valence-corrected chi connectivity index (χ2v) is 3.54. The van der Waals surface area contributed by atoms with Crippen LogP contribution in [0.25, 0.3) is 0 Å². The zero-order chi connectivity index (χ0) is 12.6. The predicted octanol–water partition coefficient (Wildman–Crippen LogP) is 0.976. The van der Waals surface area contributed by atoms with Crippen LogP contribution in [-0.2, 0) is 9.53 Å². The first-order chi connectivity index (χ1) is 8.06. The van der Waals surface area contributed by atoms with E-state index < -0.39 is 12.2 Å². The summed E-state index contributed by atoms with van der Waals surface area (Å²) in [6.45, 7) is 1.34. The Morgan fingerprint density at radius 1 is 1.53 bits per heavy atom. The van der Waals surface area contributed by atoms with Gasteiger partial charge in [-0.05, 0) is 19.1 Å².